The standard InChI is InChI=1S/C8H12ClN5/c9-7-8(12-13-11-7)10-6-14-4-2-1-3-5-14/h6H,1-5H2,(H,11,12,13). The molecule has 1 fully saturated rings. The van der Waals surface area contributed by atoms with E-state index < -0.39 is 0 Å². The maximum absolute atomic E-state index is 5.72. The predicted molar refractivity (Wildman–Crippen MR) is 55.0 cm³/mol. The van der Waals surface area contributed by atoms with Crippen LogP contribution >= 0.6 is 11.6 Å². The molecular formula is C8H12ClN5. The van der Waals surface area contributed by atoms with Crippen molar-refractivity contribution in [2.24, 2.45) is 4.99 Å². The number of rotatable bonds is 2. The minimum atomic E-state index is 0.318. The molecule has 0 spiro atoms. The third-order valence-electron chi connectivity index (χ3n) is 2.22. The first kappa shape index (κ1) is 9.45. The second-order valence-electron chi connectivity index (χ2n) is 3.28. The summed E-state index contributed by atoms with van der Waals surface area (Å²) >= 11 is 5.72. The van der Waals surface area contributed by atoms with Gasteiger partial charge < -0.3 is 4.90 Å². The summed E-state index contributed by atoms with van der Waals surface area (Å²) in [6.07, 6.45) is 5.58. The monoisotopic (exact) mass is 213 g/mol. The summed E-state index contributed by atoms with van der Waals surface area (Å²) in [6, 6.07) is 0. The third kappa shape index (κ3) is 2.23. The van der Waals surface area contributed by atoms with Crippen LogP contribution in [0.1, 0.15) is 19.3 Å². The molecular weight excluding hydrogens is 202 g/mol. The summed E-state index contributed by atoms with van der Waals surface area (Å²) in [5.74, 6) is 0.456. The van der Waals surface area contributed by atoms with Gasteiger partial charge in [0.05, 0.1) is 6.34 Å². The number of aliphatic imine (C=N–C) groups is 1. The number of aromatic nitrogens is 3. The van der Waals surface area contributed by atoms with Crippen LogP contribution in [0.25, 0.3) is 0 Å². The van der Waals surface area contributed by atoms with Crippen LogP contribution in [-0.4, -0.2) is 39.7 Å². The van der Waals surface area contributed by atoms with E-state index in [1.807, 2.05) is 0 Å². The molecule has 2 heterocycles. The van der Waals surface area contributed by atoms with Crippen molar-refractivity contribution in [3.05, 3.63) is 5.15 Å². The van der Waals surface area contributed by atoms with Crippen LogP contribution in [0.5, 0.6) is 0 Å². The van der Waals surface area contributed by atoms with Crippen LogP contribution in [0, 0.1) is 0 Å². The number of nitrogens with zero attached hydrogens (tertiary/aromatic N) is 4. The van der Waals surface area contributed by atoms with E-state index in [0.717, 1.165) is 13.1 Å². The predicted octanol–water partition coefficient (Wildman–Crippen LogP) is 1.60. The van der Waals surface area contributed by atoms with Crippen molar-refractivity contribution in [2.75, 3.05) is 13.1 Å². The minimum absolute atomic E-state index is 0.318. The largest absolute Gasteiger partial charge is 0.363 e. The Morgan fingerprint density at radius 1 is 1.29 bits per heavy atom. The highest BCUT2D eigenvalue weighted by Gasteiger charge is 2.07. The molecule has 76 valence electrons. The first-order valence-electron chi connectivity index (χ1n) is 4.71. The SMILES string of the molecule is Clc1n[nH]nc1N=CN1CCCCC1. The number of hydrogen-bond acceptors (Lipinski definition) is 3. The van der Waals surface area contributed by atoms with Gasteiger partial charge in [-0.3, -0.25) is 0 Å². The Morgan fingerprint density at radius 3 is 2.71 bits per heavy atom. The van der Waals surface area contributed by atoms with Crippen LogP contribution in [-0.2, 0) is 0 Å². The summed E-state index contributed by atoms with van der Waals surface area (Å²) in [4.78, 5) is 6.33. The first-order valence-corrected chi connectivity index (χ1v) is 5.08. The molecule has 0 radical (unpaired) electrons. The van der Waals surface area contributed by atoms with Gasteiger partial charge in [-0.25, -0.2) is 4.99 Å². The fourth-order valence-corrected chi connectivity index (χ4v) is 1.59. The van der Waals surface area contributed by atoms with E-state index >= 15 is 0 Å². The Balaban J connectivity index is 1.95. The van der Waals surface area contributed by atoms with Crippen molar-refractivity contribution in [1.82, 2.24) is 20.3 Å². The Hall–Kier alpha value is -1.10. The van der Waals surface area contributed by atoms with Crippen molar-refractivity contribution in [2.45, 2.75) is 19.3 Å². The normalized spacial score (nSPS) is 17.9. The summed E-state index contributed by atoms with van der Waals surface area (Å²) in [5.41, 5.74) is 0. The van der Waals surface area contributed by atoms with Crippen LogP contribution in [0.2, 0.25) is 5.15 Å². The topological polar surface area (TPSA) is 57.2 Å². The summed E-state index contributed by atoms with van der Waals surface area (Å²) in [5, 5.41) is 10.2. The van der Waals surface area contributed by atoms with Crippen molar-refractivity contribution in [3.8, 4) is 0 Å². The Morgan fingerprint density at radius 2 is 2.07 bits per heavy atom. The molecule has 5 nitrogen and oxygen atoms in total. The number of halogens is 1. The zero-order valence-corrected chi connectivity index (χ0v) is 8.54. The highest BCUT2D eigenvalue weighted by atomic mass is 35.5. The second kappa shape index (κ2) is 4.41. The van der Waals surface area contributed by atoms with Gasteiger partial charge in [0.25, 0.3) is 0 Å². The smallest absolute Gasteiger partial charge is 0.214 e. The van der Waals surface area contributed by atoms with E-state index in [2.05, 4.69) is 25.3 Å². The lowest BCUT2D eigenvalue weighted by Gasteiger charge is -2.23. The van der Waals surface area contributed by atoms with Crippen LogP contribution in [0.15, 0.2) is 4.99 Å². The van der Waals surface area contributed by atoms with Crippen LogP contribution in [0.3, 0.4) is 0 Å². The van der Waals surface area contributed by atoms with Gasteiger partial charge in [-0.1, -0.05) is 11.6 Å². The van der Waals surface area contributed by atoms with E-state index in [9.17, 15) is 0 Å². The van der Waals surface area contributed by atoms with E-state index in [4.69, 9.17) is 11.6 Å². The van der Waals surface area contributed by atoms with E-state index in [1.165, 1.54) is 19.3 Å². The molecule has 6 heteroatoms. The zero-order chi connectivity index (χ0) is 9.80. The molecule has 1 aromatic heterocycles. The molecule has 1 aliphatic heterocycles. The molecule has 1 aromatic rings. The fraction of sp³-hybridized carbons (Fsp3) is 0.625. The number of hydrogen-bond donors (Lipinski definition) is 1. The van der Waals surface area contributed by atoms with E-state index in [-0.39, 0.29) is 0 Å². The minimum Gasteiger partial charge on any atom is -0.363 e. The van der Waals surface area contributed by atoms with Gasteiger partial charge in [0.2, 0.25) is 5.82 Å². The number of nitrogens with one attached hydrogen (secondary N) is 1. The molecule has 0 saturated carbocycles. The van der Waals surface area contributed by atoms with Gasteiger partial charge in [0.15, 0.2) is 5.15 Å². The van der Waals surface area contributed by atoms with Crippen molar-refractivity contribution < 1.29 is 0 Å². The number of H-pyrrole nitrogens is 1. The van der Waals surface area contributed by atoms with Gasteiger partial charge in [0.1, 0.15) is 0 Å². The van der Waals surface area contributed by atoms with Gasteiger partial charge in [0, 0.05) is 13.1 Å². The molecule has 14 heavy (non-hydrogen) atoms. The molecule has 0 aliphatic carbocycles. The molecule has 0 amide bonds. The van der Waals surface area contributed by atoms with Crippen molar-refractivity contribution >= 4 is 23.8 Å². The lowest BCUT2D eigenvalue weighted by Crippen LogP contribution is -2.28. The molecule has 0 bridgehead atoms. The average molecular weight is 214 g/mol. The molecule has 0 unspecified atom stereocenters. The molecule has 2 rings (SSSR count). The average Bonchev–Trinajstić information content (AvgIpc) is 2.63. The lowest BCUT2D eigenvalue weighted by atomic mass is 10.1. The quantitative estimate of drug-likeness (QED) is 0.600. The molecule has 0 atom stereocenters. The van der Waals surface area contributed by atoms with Gasteiger partial charge in [-0.15, -0.1) is 10.2 Å². The number of likely N-dealkylation sites (tertiary alicyclic amines) is 1. The molecule has 1 saturated heterocycles. The summed E-state index contributed by atoms with van der Waals surface area (Å²) < 4.78 is 0. The maximum atomic E-state index is 5.72. The highest BCUT2D eigenvalue weighted by molar-refractivity contribution is 6.31. The second-order valence-corrected chi connectivity index (χ2v) is 3.64. The van der Waals surface area contributed by atoms with E-state index in [0.29, 0.717) is 11.0 Å². The Bertz CT molecular complexity index is 315. The van der Waals surface area contributed by atoms with Crippen LogP contribution in [0.4, 0.5) is 5.82 Å². The first-order chi connectivity index (χ1) is 6.86. The highest BCUT2D eigenvalue weighted by Crippen LogP contribution is 2.17. The van der Waals surface area contributed by atoms with Gasteiger partial charge >= 0.3 is 0 Å². The number of aromatic amines is 1. The molecule has 1 aliphatic rings. The third-order valence-corrected chi connectivity index (χ3v) is 2.48. The Labute approximate surface area is 87.2 Å². The van der Waals surface area contributed by atoms with Crippen LogP contribution < -0.4 is 0 Å². The fourth-order valence-electron chi connectivity index (χ4n) is 1.46. The Kier molecular flexibility index (Phi) is 2.98. The lowest BCUT2D eigenvalue weighted by molar-refractivity contribution is 0.351. The van der Waals surface area contributed by atoms with E-state index in [1.54, 1.807) is 6.34 Å². The number of piperidine rings is 1. The molecule has 0 aromatic carbocycles. The zero-order valence-electron chi connectivity index (χ0n) is 7.78. The summed E-state index contributed by atoms with van der Waals surface area (Å²) in [7, 11) is 0. The van der Waals surface area contributed by atoms with Crippen molar-refractivity contribution in [3.63, 3.8) is 0 Å². The van der Waals surface area contributed by atoms with Gasteiger partial charge in [-0.05, 0) is 19.3 Å². The maximum Gasteiger partial charge on any atom is 0.214 e. The summed E-state index contributed by atoms with van der Waals surface area (Å²) in [6.45, 7) is 2.14. The molecule has 1 N–H and O–H groups in total. The van der Waals surface area contributed by atoms with Crippen molar-refractivity contribution in [1.29, 1.82) is 0 Å². The van der Waals surface area contributed by atoms with Gasteiger partial charge in [-0.2, -0.15) is 5.21 Å².